The van der Waals surface area contributed by atoms with Crippen LogP contribution in [0.25, 0.3) is 11.4 Å². The lowest BCUT2D eigenvalue weighted by molar-refractivity contribution is -0.131. The monoisotopic (exact) mass is 374 g/mol. The van der Waals surface area contributed by atoms with Crippen molar-refractivity contribution in [1.82, 2.24) is 14.9 Å². The number of likely N-dealkylation sites (tertiary alicyclic amines) is 1. The highest BCUT2D eigenvalue weighted by Crippen LogP contribution is 2.20. The number of hydrogen-bond donors (Lipinski definition) is 1. The van der Waals surface area contributed by atoms with Crippen LogP contribution in [0.1, 0.15) is 12.8 Å². The maximum absolute atomic E-state index is 12.0. The molecule has 1 aromatic heterocycles. The van der Waals surface area contributed by atoms with Gasteiger partial charge in [-0.3, -0.25) is 9.59 Å². The Morgan fingerprint density at radius 3 is 2.96 bits per heavy atom. The lowest BCUT2D eigenvalue weighted by Crippen LogP contribution is -2.34. The van der Waals surface area contributed by atoms with Gasteiger partial charge in [0, 0.05) is 29.2 Å². The van der Waals surface area contributed by atoms with E-state index in [4.69, 9.17) is 0 Å². The van der Waals surface area contributed by atoms with E-state index in [0.29, 0.717) is 24.6 Å². The lowest BCUT2D eigenvalue weighted by Gasteiger charge is -2.14. The zero-order valence-electron chi connectivity index (χ0n) is 12.3. The van der Waals surface area contributed by atoms with Gasteiger partial charge in [-0.15, -0.1) is 0 Å². The van der Waals surface area contributed by atoms with Crippen LogP contribution in [0.5, 0.6) is 0 Å². The molecule has 1 N–H and O–H groups in total. The average Bonchev–Trinajstić information content (AvgIpc) is 2.92. The van der Waals surface area contributed by atoms with Gasteiger partial charge in [-0.25, -0.2) is 9.97 Å². The first kappa shape index (κ1) is 15.6. The number of nitrogens with one attached hydrogen (secondary N) is 1. The largest absolute Gasteiger partial charge is 0.333 e. The average molecular weight is 375 g/mol. The molecule has 1 aliphatic rings. The maximum atomic E-state index is 12.0. The molecule has 23 heavy (non-hydrogen) atoms. The lowest BCUT2D eigenvalue weighted by atomic mass is 10.2. The summed E-state index contributed by atoms with van der Waals surface area (Å²) < 4.78 is 0.931. The van der Waals surface area contributed by atoms with Crippen molar-refractivity contribution in [2.45, 2.75) is 12.8 Å². The van der Waals surface area contributed by atoms with Crippen molar-refractivity contribution in [3.8, 4) is 11.4 Å². The van der Waals surface area contributed by atoms with Crippen LogP contribution in [0.3, 0.4) is 0 Å². The van der Waals surface area contributed by atoms with Crippen LogP contribution in [-0.4, -0.2) is 39.8 Å². The highest BCUT2D eigenvalue weighted by atomic mass is 79.9. The van der Waals surface area contributed by atoms with E-state index in [0.717, 1.165) is 16.5 Å². The van der Waals surface area contributed by atoms with Crippen molar-refractivity contribution in [1.29, 1.82) is 0 Å². The summed E-state index contributed by atoms with van der Waals surface area (Å²) in [6.45, 7) is 0.703. The van der Waals surface area contributed by atoms with Gasteiger partial charge in [-0.2, -0.15) is 0 Å². The molecule has 0 aliphatic carbocycles. The Kier molecular flexibility index (Phi) is 4.66. The Bertz CT molecular complexity index is 750. The van der Waals surface area contributed by atoms with Crippen molar-refractivity contribution in [3.63, 3.8) is 0 Å². The van der Waals surface area contributed by atoms with Crippen LogP contribution in [-0.2, 0) is 9.59 Å². The second-order valence-corrected chi connectivity index (χ2v) is 6.16. The number of benzene rings is 1. The predicted molar refractivity (Wildman–Crippen MR) is 89.6 cm³/mol. The number of nitrogens with zero attached hydrogens (tertiary/aromatic N) is 3. The third-order valence-corrected chi connectivity index (χ3v) is 4.00. The summed E-state index contributed by atoms with van der Waals surface area (Å²) in [5.74, 6) is 0.727. The van der Waals surface area contributed by atoms with Gasteiger partial charge in [0.15, 0.2) is 5.82 Å². The van der Waals surface area contributed by atoms with Gasteiger partial charge in [0.2, 0.25) is 11.8 Å². The summed E-state index contributed by atoms with van der Waals surface area (Å²) >= 11 is 3.41. The number of hydrogen-bond acceptors (Lipinski definition) is 4. The maximum Gasteiger partial charge on any atom is 0.245 e. The van der Waals surface area contributed by atoms with Crippen molar-refractivity contribution in [3.05, 3.63) is 41.0 Å². The molecule has 2 aromatic rings. The van der Waals surface area contributed by atoms with Crippen molar-refractivity contribution < 1.29 is 9.59 Å². The Morgan fingerprint density at radius 1 is 1.35 bits per heavy atom. The molecule has 1 aliphatic heterocycles. The molecular weight excluding hydrogens is 360 g/mol. The molecule has 1 fully saturated rings. The van der Waals surface area contributed by atoms with Gasteiger partial charge in [-0.05, 0) is 24.6 Å². The smallest absolute Gasteiger partial charge is 0.245 e. The molecular formula is C16H15BrN4O2. The molecule has 0 saturated carbocycles. The Morgan fingerprint density at radius 2 is 2.22 bits per heavy atom. The fourth-order valence-corrected chi connectivity index (χ4v) is 2.82. The molecule has 0 atom stereocenters. The first-order valence-electron chi connectivity index (χ1n) is 7.28. The second kappa shape index (κ2) is 6.87. The number of amides is 2. The van der Waals surface area contributed by atoms with E-state index in [2.05, 4.69) is 31.2 Å². The molecule has 1 aromatic carbocycles. The zero-order valence-corrected chi connectivity index (χ0v) is 13.9. The van der Waals surface area contributed by atoms with E-state index in [1.807, 2.05) is 24.3 Å². The zero-order chi connectivity index (χ0) is 16.2. The van der Waals surface area contributed by atoms with Crippen molar-refractivity contribution in [2.24, 2.45) is 0 Å². The Hall–Kier alpha value is -2.28. The molecule has 0 spiro atoms. The molecule has 118 valence electrons. The van der Waals surface area contributed by atoms with E-state index in [-0.39, 0.29) is 18.4 Å². The highest BCUT2D eigenvalue weighted by molar-refractivity contribution is 9.10. The fraction of sp³-hybridized carbons (Fsp3) is 0.250. The van der Waals surface area contributed by atoms with Gasteiger partial charge in [0.1, 0.15) is 5.82 Å². The van der Waals surface area contributed by atoms with E-state index >= 15 is 0 Å². The number of anilines is 1. The minimum Gasteiger partial charge on any atom is -0.333 e. The standard InChI is InChI=1S/C16H15BrN4O2/c17-12-4-1-3-11(9-12)16-18-7-6-13(20-16)19-14(22)10-21-8-2-5-15(21)23/h1,3-4,6-7,9H,2,5,8,10H2,(H,18,19,20,22). The SMILES string of the molecule is O=C(CN1CCCC1=O)Nc1ccnc(-c2cccc(Br)c2)n1. The third kappa shape index (κ3) is 3.92. The minimum absolute atomic E-state index is 0.0256. The van der Waals surface area contributed by atoms with Crippen LogP contribution < -0.4 is 5.32 Å². The summed E-state index contributed by atoms with van der Waals surface area (Å²) in [5, 5.41) is 2.72. The third-order valence-electron chi connectivity index (χ3n) is 3.51. The molecule has 2 heterocycles. The van der Waals surface area contributed by atoms with E-state index in [9.17, 15) is 9.59 Å². The normalized spacial score (nSPS) is 14.1. The number of carbonyl (C=O) groups is 2. The molecule has 3 rings (SSSR count). The summed E-state index contributed by atoms with van der Waals surface area (Å²) in [4.78, 5) is 33.7. The summed E-state index contributed by atoms with van der Waals surface area (Å²) in [6.07, 6.45) is 2.93. The van der Waals surface area contributed by atoms with Crippen molar-refractivity contribution >= 4 is 33.6 Å². The molecule has 1 saturated heterocycles. The second-order valence-electron chi connectivity index (χ2n) is 5.24. The first-order valence-corrected chi connectivity index (χ1v) is 8.08. The van der Waals surface area contributed by atoms with Gasteiger partial charge >= 0.3 is 0 Å². The number of halogens is 1. The molecule has 0 unspecified atom stereocenters. The van der Waals surface area contributed by atoms with Gasteiger partial charge in [-0.1, -0.05) is 28.1 Å². The first-order chi connectivity index (χ1) is 11.1. The molecule has 0 radical (unpaired) electrons. The van der Waals surface area contributed by atoms with Crippen LogP contribution >= 0.6 is 15.9 Å². The van der Waals surface area contributed by atoms with E-state index in [1.54, 1.807) is 17.2 Å². The van der Waals surface area contributed by atoms with Gasteiger partial charge in [0.05, 0.1) is 6.54 Å². The summed E-state index contributed by atoms with van der Waals surface area (Å²) in [6, 6.07) is 9.25. The highest BCUT2D eigenvalue weighted by Gasteiger charge is 2.22. The molecule has 2 amide bonds. The molecule has 0 bridgehead atoms. The summed E-state index contributed by atoms with van der Waals surface area (Å²) in [5.41, 5.74) is 0.852. The van der Waals surface area contributed by atoms with Crippen LogP contribution in [0.4, 0.5) is 5.82 Å². The molecule has 7 heteroatoms. The predicted octanol–water partition coefficient (Wildman–Crippen LogP) is 2.47. The number of rotatable bonds is 4. The molecule has 6 nitrogen and oxygen atoms in total. The minimum atomic E-state index is -0.251. The number of carbonyl (C=O) groups excluding carboxylic acids is 2. The quantitative estimate of drug-likeness (QED) is 0.891. The van der Waals surface area contributed by atoms with Crippen LogP contribution in [0.15, 0.2) is 41.0 Å². The van der Waals surface area contributed by atoms with E-state index < -0.39 is 0 Å². The Balaban J connectivity index is 1.70. The number of aromatic nitrogens is 2. The summed E-state index contributed by atoms with van der Waals surface area (Å²) in [7, 11) is 0. The fourth-order valence-electron chi connectivity index (χ4n) is 2.42. The van der Waals surface area contributed by atoms with Crippen LogP contribution in [0.2, 0.25) is 0 Å². The Labute approximate surface area is 142 Å². The van der Waals surface area contributed by atoms with Gasteiger partial charge < -0.3 is 10.2 Å². The van der Waals surface area contributed by atoms with Crippen molar-refractivity contribution in [2.75, 3.05) is 18.4 Å². The van der Waals surface area contributed by atoms with Gasteiger partial charge in [0.25, 0.3) is 0 Å². The van der Waals surface area contributed by atoms with Crippen LogP contribution in [0, 0.1) is 0 Å². The van der Waals surface area contributed by atoms with E-state index in [1.165, 1.54) is 0 Å². The topological polar surface area (TPSA) is 75.2 Å².